The zero-order valence-corrected chi connectivity index (χ0v) is 16.2. The molecule has 0 spiro atoms. The van der Waals surface area contributed by atoms with Gasteiger partial charge in [0.05, 0.1) is 6.20 Å². The van der Waals surface area contributed by atoms with Crippen LogP contribution in [0, 0.1) is 11.8 Å². The van der Waals surface area contributed by atoms with Gasteiger partial charge in [-0.05, 0) is 56.2 Å². The van der Waals surface area contributed by atoms with E-state index in [-0.39, 0.29) is 11.5 Å². The Morgan fingerprint density at radius 1 is 1.07 bits per heavy atom. The molecule has 1 aromatic carbocycles. The van der Waals surface area contributed by atoms with Crippen LogP contribution in [0.4, 0.5) is 0 Å². The molecule has 1 atom stereocenters. The number of nitrogens with zero attached hydrogens (tertiary/aromatic N) is 3. The van der Waals surface area contributed by atoms with Gasteiger partial charge in [0.25, 0.3) is 11.5 Å². The highest BCUT2D eigenvalue weighted by atomic mass is 16.2. The van der Waals surface area contributed by atoms with Gasteiger partial charge in [0.2, 0.25) is 0 Å². The van der Waals surface area contributed by atoms with E-state index in [9.17, 15) is 9.59 Å². The van der Waals surface area contributed by atoms with Gasteiger partial charge < -0.3 is 14.8 Å². The molecule has 6 heteroatoms. The van der Waals surface area contributed by atoms with Crippen molar-refractivity contribution in [2.24, 2.45) is 11.8 Å². The lowest BCUT2D eigenvalue weighted by Gasteiger charge is -2.34. The fourth-order valence-electron chi connectivity index (χ4n) is 4.56. The van der Waals surface area contributed by atoms with E-state index < -0.39 is 0 Å². The molecule has 2 saturated heterocycles. The monoisotopic (exact) mass is 380 g/mol. The third-order valence-electron chi connectivity index (χ3n) is 6.26. The summed E-state index contributed by atoms with van der Waals surface area (Å²) in [6.07, 6.45) is 7.22. The second-order valence-electron chi connectivity index (χ2n) is 8.01. The SMILES string of the molecule is O=C(c1c[nH]c(=O)cn1)N1CC[C@H](C2CCN(CCc3ccccc3)CC2)C1. The van der Waals surface area contributed by atoms with Gasteiger partial charge in [0.1, 0.15) is 5.69 Å². The van der Waals surface area contributed by atoms with Crippen molar-refractivity contribution >= 4 is 5.91 Å². The van der Waals surface area contributed by atoms with Gasteiger partial charge in [-0.1, -0.05) is 30.3 Å². The fourth-order valence-corrected chi connectivity index (χ4v) is 4.56. The largest absolute Gasteiger partial charge is 0.337 e. The first-order chi connectivity index (χ1) is 13.7. The van der Waals surface area contributed by atoms with Crippen LogP contribution in [-0.4, -0.2) is 58.4 Å². The lowest BCUT2D eigenvalue weighted by molar-refractivity contribution is 0.0767. The van der Waals surface area contributed by atoms with Gasteiger partial charge in [-0.2, -0.15) is 0 Å². The number of H-pyrrole nitrogens is 1. The predicted octanol–water partition coefficient (Wildman–Crippen LogP) is 2.19. The minimum atomic E-state index is -0.283. The smallest absolute Gasteiger partial charge is 0.273 e. The molecule has 0 radical (unpaired) electrons. The number of rotatable bonds is 5. The van der Waals surface area contributed by atoms with Crippen LogP contribution in [0.1, 0.15) is 35.3 Å². The van der Waals surface area contributed by atoms with Gasteiger partial charge >= 0.3 is 0 Å². The van der Waals surface area contributed by atoms with Crippen molar-refractivity contribution in [2.45, 2.75) is 25.7 Å². The Bertz CT molecular complexity index is 823. The average molecular weight is 380 g/mol. The Balaban J connectivity index is 1.24. The highest BCUT2D eigenvalue weighted by molar-refractivity contribution is 5.92. The van der Waals surface area contributed by atoms with Gasteiger partial charge in [0, 0.05) is 25.8 Å². The molecule has 4 rings (SSSR count). The van der Waals surface area contributed by atoms with E-state index in [1.165, 1.54) is 30.8 Å². The minimum Gasteiger partial charge on any atom is -0.337 e. The van der Waals surface area contributed by atoms with Gasteiger partial charge in [-0.3, -0.25) is 9.59 Å². The summed E-state index contributed by atoms with van der Waals surface area (Å²) in [6, 6.07) is 10.7. The number of carbonyl (C=O) groups excluding carboxylic acids is 1. The first-order valence-corrected chi connectivity index (χ1v) is 10.3. The molecular formula is C22H28N4O2. The highest BCUT2D eigenvalue weighted by Gasteiger charge is 2.34. The third kappa shape index (κ3) is 4.50. The second kappa shape index (κ2) is 8.69. The maximum atomic E-state index is 12.6. The van der Waals surface area contributed by atoms with E-state index in [0.717, 1.165) is 45.6 Å². The van der Waals surface area contributed by atoms with E-state index in [1.807, 2.05) is 4.90 Å². The fraction of sp³-hybridized carbons (Fsp3) is 0.500. The number of aromatic amines is 1. The second-order valence-corrected chi connectivity index (χ2v) is 8.01. The molecule has 0 saturated carbocycles. The van der Waals surface area contributed by atoms with Crippen molar-refractivity contribution in [1.82, 2.24) is 19.8 Å². The number of hydrogen-bond acceptors (Lipinski definition) is 4. The van der Waals surface area contributed by atoms with E-state index in [2.05, 4.69) is 45.2 Å². The molecule has 148 valence electrons. The van der Waals surface area contributed by atoms with E-state index in [0.29, 0.717) is 17.5 Å². The van der Waals surface area contributed by atoms with Gasteiger partial charge in [-0.15, -0.1) is 0 Å². The summed E-state index contributed by atoms with van der Waals surface area (Å²) in [7, 11) is 0. The highest BCUT2D eigenvalue weighted by Crippen LogP contribution is 2.32. The van der Waals surface area contributed by atoms with Crippen LogP contribution in [0.5, 0.6) is 0 Å². The predicted molar refractivity (Wildman–Crippen MR) is 108 cm³/mol. The zero-order valence-electron chi connectivity index (χ0n) is 16.2. The number of aromatic nitrogens is 2. The summed E-state index contributed by atoms with van der Waals surface area (Å²) in [5, 5.41) is 0. The zero-order chi connectivity index (χ0) is 19.3. The average Bonchev–Trinajstić information content (AvgIpc) is 3.24. The lowest BCUT2D eigenvalue weighted by Crippen LogP contribution is -2.38. The molecule has 1 amide bonds. The van der Waals surface area contributed by atoms with Gasteiger partial charge in [0.15, 0.2) is 0 Å². The van der Waals surface area contributed by atoms with Crippen molar-refractivity contribution in [1.29, 1.82) is 0 Å². The third-order valence-corrected chi connectivity index (χ3v) is 6.26. The lowest BCUT2D eigenvalue weighted by atomic mass is 9.83. The Morgan fingerprint density at radius 3 is 2.54 bits per heavy atom. The Labute approximate surface area is 165 Å². The Morgan fingerprint density at radius 2 is 1.82 bits per heavy atom. The number of likely N-dealkylation sites (tertiary alicyclic amines) is 2. The molecule has 0 unspecified atom stereocenters. The van der Waals surface area contributed by atoms with Crippen molar-refractivity contribution in [3.63, 3.8) is 0 Å². The Hall–Kier alpha value is -2.47. The molecule has 3 heterocycles. The van der Waals surface area contributed by atoms with Crippen molar-refractivity contribution in [3.05, 3.63) is 64.3 Å². The normalized spacial score (nSPS) is 21.1. The molecule has 2 fully saturated rings. The minimum absolute atomic E-state index is 0.0703. The van der Waals surface area contributed by atoms with E-state index in [1.54, 1.807) is 0 Å². The van der Waals surface area contributed by atoms with Crippen molar-refractivity contribution in [3.8, 4) is 0 Å². The van der Waals surface area contributed by atoms with Crippen LogP contribution in [0.3, 0.4) is 0 Å². The van der Waals surface area contributed by atoms with Crippen molar-refractivity contribution in [2.75, 3.05) is 32.7 Å². The van der Waals surface area contributed by atoms with Gasteiger partial charge in [-0.25, -0.2) is 4.98 Å². The van der Waals surface area contributed by atoms with Crippen LogP contribution in [0.15, 0.2) is 47.5 Å². The number of piperidine rings is 1. The maximum Gasteiger partial charge on any atom is 0.273 e. The number of amides is 1. The summed E-state index contributed by atoms with van der Waals surface area (Å²) >= 11 is 0. The summed E-state index contributed by atoms with van der Waals surface area (Å²) in [5.41, 5.74) is 1.45. The molecule has 0 bridgehead atoms. The maximum absolute atomic E-state index is 12.6. The van der Waals surface area contributed by atoms with E-state index >= 15 is 0 Å². The van der Waals surface area contributed by atoms with Crippen LogP contribution < -0.4 is 5.56 Å². The van der Waals surface area contributed by atoms with Crippen molar-refractivity contribution < 1.29 is 4.79 Å². The molecular weight excluding hydrogens is 352 g/mol. The standard InChI is InChI=1S/C22H28N4O2/c27-21-15-23-20(14-24-21)22(28)26-13-9-19(16-26)18-7-11-25(12-8-18)10-6-17-4-2-1-3-5-17/h1-5,14-15,18-19H,6-13,16H2,(H,24,27)/t19-/m0/s1. The molecule has 6 nitrogen and oxygen atoms in total. The number of benzene rings is 1. The quantitative estimate of drug-likeness (QED) is 0.863. The van der Waals surface area contributed by atoms with Crippen LogP contribution in [-0.2, 0) is 6.42 Å². The summed E-state index contributed by atoms with van der Waals surface area (Å²) < 4.78 is 0. The number of carbonyl (C=O) groups is 1. The molecule has 0 aliphatic carbocycles. The molecule has 28 heavy (non-hydrogen) atoms. The first kappa shape index (κ1) is 18.9. The Kier molecular flexibility index (Phi) is 5.86. The summed E-state index contributed by atoms with van der Waals surface area (Å²) in [6.45, 7) is 5.05. The number of nitrogens with one attached hydrogen (secondary N) is 1. The summed E-state index contributed by atoms with van der Waals surface area (Å²) in [4.78, 5) is 34.7. The van der Waals surface area contributed by atoms with Crippen LogP contribution >= 0.6 is 0 Å². The summed E-state index contributed by atoms with van der Waals surface area (Å²) in [5.74, 6) is 1.22. The van der Waals surface area contributed by atoms with Crippen LogP contribution in [0.25, 0.3) is 0 Å². The topological polar surface area (TPSA) is 69.3 Å². The molecule has 1 N–H and O–H groups in total. The van der Waals surface area contributed by atoms with Crippen LogP contribution in [0.2, 0.25) is 0 Å². The molecule has 2 aromatic rings. The van der Waals surface area contributed by atoms with E-state index in [4.69, 9.17) is 0 Å². The number of hydrogen-bond donors (Lipinski definition) is 1. The molecule has 2 aliphatic heterocycles. The molecule has 2 aliphatic rings. The first-order valence-electron chi connectivity index (χ1n) is 10.3. The molecule has 1 aromatic heterocycles.